The van der Waals surface area contributed by atoms with Gasteiger partial charge in [0.1, 0.15) is 5.75 Å². The van der Waals surface area contributed by atoms with Crippen LogP contribution in [0, 0.1) is 0 Å². The zero-order valence-corrected chi connectivity index (χ0v) is 15.4. The van der Waals surface area contributed by atoms with E-state index in [1.807, 2.05) is 42.5 Å². The molecule has 3 aromatic carbocycles. The number of fused-ring (bicyclic) bond motifs is 1. The Labute approximate surface area is 165 Å². The van der Waals surface area contributed by atoms with Gasteiger partial charge in [-0.05, 0) is 47.0 Å². The molecule has 29 heavy (non-hydrogen) atoms. The van der Waals surface area contributed by atoms with Crippen LogP contribution in [0.15, 0.2) is 66.7 Å². The molecule has 0 heterocycles. The maximum Gasteiger partial charge on any atom is 0.456 e. The lowest BCUT2D eigenvalue weighted by atomic mass is 9.88. The molecule has 0 aliphatic rings. The van der Waals surface area contributed by atoms with Gasteiger partial charge in [-0.15, -0.1) is 0 Å². The first-order valence-electron chi connectivity index (χ1n) is 9.05. The third-order valence-corrected chi connectivity index (χ3v) is 4.76. The Morgan fingerprint density at radius 1 is 0.862 bits per heavy atom. The van der Waals surface area contributed by atoms with Crippen LogP contribution in [0.25, 0.3) is 10.8 Å². The maximum atomic E-state index is 13.1. The van der Waals surface area contributed by atoms with Crippen LogP contribution in [0.4, 0.5) is 22.0 Å². The fourth-order valence-electron chi connectivity index (χ4n) is 3.23. The minimum absolute atomic E-state index is 0.0416. The third-order valence-electron chi connectivity index (χ3n) is 4.76. The molecule has 0 aliphatic heterocycles. The Hall–Kier alpha value is -2.67. The van der Waals surface area contributed by atoms with Crippen LogP contribution in [-0.4, -0.2) is 25.3 Å². The number of rotatable bonds is 7. The number of nitrogens with two attached hydrogens (primary N) is 1. The largest absolute Gasteiger partial charge is 0.487 e. The first-order valence-corrected chi connectivity index (χ1v) is 9.05. The summed E-state index contributed by atoms with van der Waals surface area (Å²) in [6.45, 7) is -1.41. The normalized spacial score (nSPS) is 13.4. The van der Waals surface area contributed by atoms with Crippen molar-refractivity contribution in [2.24, 2.45) is 5.73 Å². The first-order chi connectivity index (χ1) is 13.7. The zero-order valence-electron chi connectivity index (χ0n) is 15.4. The predicted molar refractivity (Wildman–Crippen MR) is 102 cm³/mol. The average Bonchev–Trinajstić information content (AvgIpc) is 2.70. The number of hydrogen-bond acceptors (Lipinski definition) is 2. The van der Waals surface area contributed by atoms with Gasteiger partial charge in [0.15, 0.2) is 6.61 Å². The second kappa shape index (κ2) is 8.37. The van der Waals surface area contributed by atoms with Crippen molar-refractivity contribution >= 4 is 10.8 Å². The summed E-state index contributed by atoms with van der Waals surface area (Å²) >= 11 is 0. The fourth-order valence-corrected chi connectivity index (χ4v) is 3.23. The van der Waals surface area contributed by atoms with Gasteiger partial charge < -0.3 is 10.5 Å². The lowest BCUT2D eigenvalue weighted by Crippen LogP contribution is -2.41. The summed E-state index contributed by atoms with van der Waals surface area (Å²) in [6, 6.07) is 20.0. The standard InChI is InChI=1S/C22H20F5NO/c23-21(24,22(25,26)27)14-29-18-8-3-5-15(12-18)11-17(13-28)20-10-4-7-16-6-1-2-9-19(16)20/h1-10,12,17H,11,13-14,28H2. The molecule has 154 valence electrons. The van der Waals surface area contributed by atoms with Crippen molar-refractivity contribution in [2.75, 3.05) is 13.2 Å². The van der Waals surface area contributed by atoms with Crippen molar-refractivity contribution in [2.45, 2.75) is 24.4 Å². The Bertz CT molecular complexity index is 965. The van der Waals surface area contributed by atoms with Gasteiger partial charge in [-0.25, -0.2) is 0 Å². The summed E-state index contributed by atoms with van der Waals surface area (Å²) in [4.78, 5) is 0. The molecule has 0 saturated heterocycles. The van der Waals surface area contributed by atoms with E-state index in [4.69, 9.17) is 10.5 Å². The Morgan fingerprint density at radius 3 is 2.28 bits per heavy atom. The minimum atomic E-state index is -5.65. The van der Waals surface area contributed by atoms with Gasteiger partial charge in [-0.1, -0.05) is 54.6 Å². The molecule has 0 saturated carbocycles. The van der Waals surface area contributed by atoms with Crippen molar-refractivity contribution in [1.29, 1.82) is 0 Å². The molecule has 3 aromatic rings. The van der Waals surface area contributed by atoms with E-state index in [1.54, 1.807) is 12.1 Å². The maximum absolute atomic E-state index is 13.1. The monoisotopic (exact) mass is 409 g/mol. The summed E-state index contributed by atoms with van der Waals surface area (Å²) in [6.07, 6.45) is -5.15. The van der Waals surface area contributed by atoms with Crippen LogP contribution < -0.4 is 10.5 Å². The molecule has 0 aromatic heterocycles. The number of ether oxygens (including phenoxy) is 1. The number of alkyl halides is 5. The second-order valence-electron chi connectivity index (χ2n) is 6.84. The highest BCUT2D eigenvalue weighted by molar-refractivity contribution is 5.86. The molecule has 0 fully saturated rings. The highest BCUT2D eigenvalue weighted by atomic mass is 19.4. The quantitative estimate of drug-likeness (QED) is 0.508. The lowest BCUT2D eigenvalue weighted by molar-refractivity contribution is -0.290. The Balaban J connectivity index is 1.78. The van der Waals surface area contributed by atoms with Crippen LogP contribution in [0.5, 0.6) is 5.75 Å². The van der Waals surface area contributed by atoms with Gasteiger partial charge in [-0.2, -0.15) is 22.0 Å². The van der Waals surface area contributed by atoms with Gasteiger partial charge in [0.25, 0.3) is 0 Å². The van der Waals surface area contributed by atoms with E-state index in [0.717, 1.165) is 21.9 Å². The lowest BCUT2D eigenvalue weighted by Gasteiger charge is -2.20. The van der Waals surface area contributed by atoms with E-state index >= 15 is 0 Å². The molecule has 0 bridgehead atoms. The molecule has 2 N–H and O–H groups in total. The molecule has 0 aliphatic carbocycles. The average molecular weight is 409 g/mol. The van der Waals surface area contributed by atoms with Crippen molar-refractivity contribution in [3.63, 3.8) is 0 Å². The molecule has 7 heteroatoms. The van der Waals surface area contributed by atoms with Crippen molar-refractivity contribution in [1.82, 2.24) is 0 Å². The highest BCUT2D eigenvalue weighted by Crippen LogP contribution is 2.36. The summed E-state index contributed by atoms with van der Waals surface area (Å²) in [7, 11) is 0. The van der Waals surface area contributed by atoms with E-state index in [0.29, 0.717) is 13.0 Å². The molecule has 3 rings (SSSR count). The van der Waals surface area contributed by atoms with E-state index in [2.05, 4.69) is 0 Å². The van der Waals surface area contributed by atoms with Crippen molar-refractivity contribution < 1.29 is 26.7 Å². The van der Waals surface area contributed by atoms with Gasteiger partial charge in [0.2, 0.25) is 0 Å². The van der Waals surface area contributed by atoms with E-state index < -0.39 is 18.7 Å². The van der Waals surface area contributed by atoms with Gasteiger partial charge in [0, 0.05) is 5.92 Å². The number of hydrogen-bond donors (Lipinski definition) is 1. The van der Waals surface area contributed by atoms with E-state index in [1.165, 1.54) is 12.1 Å². The summed E-state index contributed by atoms with van der Waals surface area (Å²) in [5.74, 6) is -5.00. The predicted octanol–water partition coefficient (Wildman–Crippen LogP) is 5.70. The van der Waals surface area contributed by atoms with Crippen LogP contribution in [0.1, 0.15) is 17.0 Å². The molecular formula is C22H20F5NO. The molecule has 1 atom stereocenters. The van der Waals surface area contributed by atoms with Crippen molar-refractivity contribution in [3.8, 4) is 5.75 Å². The number of benzene rings is 3. The second-order valence-corrected chi connectivity index (χ2v) is 6.84. The molecule has 0 amide bonds. The third kappa shape index (κ3) is 4.85. The fraction of sp³-hybridized carbons (Fsp3) is 0.273. The van der Waals surface area contributed by atoms with Gasteiger partial charge in [-0.3, -0.25) is 0 Å². The molecular weight excluding hydrogens is 389 g/mol. The summed E-state index contributed by atoms with van der Waals surface area (Å²) in [5.41, 5.74) is 7.78. The Morgan fingerprint density at radius 2 is 1.55 bits per heavy atom. The highest BCUT2D eigenvalue weighted by Gasteiger charge is 2.58. The van der Waals surface area contributed by atoms with E-state index in [9.17, 15) is 22.0 Å². The van der Waals surface area contributed by atoms with Crippen LogP contribution in [-0.2, 0) is 6.42 Å². The molecule has 0 spiro atoms. The van der Waals surface area contributed by atoms with Crippen LogP contribution >= 0.6 is 0 Å². The molecule has 2 nitrogen and oxygen atoms in total. The smallest absolute Gasteiger partial charge is 0.456 e. The zero-order chi connectivity index (χ0) is 21.1. The van der Waals surface area contributed by atoms with E-state index in [-0.39, 0.29) is 11.7 Å². The van der Waals surface area contributed by atoms with Crippen molar-refractivity contribution in [3.05, 3.63) is 77.9 Å². The first kappa shape index (κ1) is 21.0. The van der Waals surface area contributed by atoms with Crippen LogP contribution in [0.2, 0.25) is 0 Å². The van der Waals surface area contributed by atoms with Gasteiger partial charge in [0.05, 0.1) is 0 Å². The Kier molecular flexibility index (Phi) is 6.07. The summed E-state index contributed by atoms with van der Waals surface area (Å²) < 4.78 is 67.8. The number of halogens is 5. The van der Waals surface area contributed by atoms with Crippen LogP contribution in [0.3, 0.4) is 0 Å². The minimum Gasteiger partial charge on any atom is -0.487 e. The summed E-state index contributed by atoms with van der Waals surface area (Å²) in [5, 5.41) is 2.15. The molecule has 1 unspecified atom stereocenters. The SMILES string of the molecule is NCC(Cc1cccc(OCC(F)(F)C(F)(F)F)c1)c1cccc2ccccc12. The molecule has 0 radical (unpaired) electrons. The van der Waals surface area contributed by atoms with Gasteiger partial charge >= 0.3 is 12.1 Å². The topological polar surface area (TPSA) is 35.2 Å².